The van der Waals surface area contributed by atoms with Crippen molar-refractivity contribution in [3.8, 4) is 0 Å². The summed E-state index contributed by atoms with van der Waals surface area (Å²) >= 11 is 0. The Morgan fingerprint density at radius 1 is 0.950 bits per heavy atom. The van der Waals surface area contributed by atoms with Crippen LogP contribution < -0.4 is 5.73 Å². The summed E-state index contributed by atoms with van der Waals surface area (Å²) in [5, 5.41) is 1.19. The summed E-state index contributed by atoms with van der Waals surface area (Å²) in [5.74, 6) is 0. The van der Waals surface area contributed by atoms with Gasteiger partial charge in [0.15, 0.2) is 9.84 Å². The molecule has 1 atom stereocenters. The van der Waals surface area contributed by atoms with E-state index in [1.165, 1.54) is 11.5 Å². The standard InChI is InChI=1S/C16H17NO2S/c17-15(13-14-7-3-1-4-8-14)11-12-20(18,19)16-9-5-2-6-10-16/h1-12,15H,13,17H2/b12-11+. The SMILES string of the molecule is NC(/C=C/S(=O)(=O)c1ccccc1)Cc1ccccc1. The van der Waals surface area contributed by atoms with Crippen molar-refractivity contribution < 1.29 is 8.42 Å². The maximum Gasteiger partial charge on any atom is 0.199 e. The first-order valence-electron chi connectivity index (χ1n) is 6.36. The van der Waals surface area contributed by atoms with Crippen LogP contribution in [0.4, 0.5) is 0 Å². The van der Waals surface area contributed by atoms with E-state index in [1.54, 1.807) is 30.3 Å². The Morgan fingerprint density at radius 3 is 2.10 bits per heavy atom. The molecule has 3 nitrogen and oxygen atoms in total. The molecule has 2 aromatic rings. The van der Waals surface area contributed by atoms with E-state index in [1.807, 2.05) is 30.3 Å². The van der Waals surface area contributed by atoms with Crippen LogP contribution in [0.3, 0.4) is 0 Å². The maximum atomic E-state index is 12.0. The zero-order chi connectivity index (χ0) is 14.4. The summed E-state index contributed by atoms with van der Waals surface area (Å²) in [5.41, 5.74) is 7.02. The molecule has 0 amide bonds. The smallest absolute Gasteiger partial charge is 0.199 e. The average molecular weight is 287 g/mol. The predicted molar refractivity (Wildman–Crippen MR) is 80.9 cm³/mol. The number of sulfone groups is 1. The van der Waals surface area contributed by atoms with E-state index in [0.29, 0.717) is 6.42 Å². The van der Waals surface area contributed by atoms with E-state index in [2.05, 4.69) is 0 Å². The van der Waals surface area contributed by atoms with Crippen LogP contribution in [0.2, 0.25) is 0 Å². The van der Waals surface area contributed by atoms with Crippen molar-refractivity contribution in [3.05, 3.63) is 77.7 Å². The van der Waals surface area contributed by atoms with Crippen molar-refractivity contribution in [3.63, 3.8) is 0 Å². The molecule has 0 radical (unpaired) electrons. The van der Waals surface area contributed by atoms with Crippen molar-refractivity contribution in [2.24, 2.45) is 5.73 Å². The van der Waals surface area contributed by atoms with E-state index in [4.69, 9.17) is 5.73 Å². The number of rotatable bonds is 5. The zero-order valence-electron chi connectivity index (χ0n) is 11.0. The van der Waals surface area contributed by atoms with Gasteiger partial charge in [0.1, 0.15) is 0 Å². The van der Waals surface area contributed by atoms with Gasteiger partial charge in [0.05, 0.1) is 4.90 Å². The molecule has 0 fully saturated rings. The molecule has 104 valence electrons. The van der Waals surface area contributed by atoms with Gasteiger partial charge in [-0.1, -0.05) is 54.6 Å². The van der Waals surface area contributed by atoms with Gasteiger partial charge in [-0.05, 0) is 24.1 Å². The molecule has 0 saturated heterocycles. The minimum atomic E-state index is -3.41. The highest BCUT2D eigenvalue weighted by Gasteiger charge is 2.10. The van der Waals surface area contributed by atoms with Gasteiger partial charge in [0.25, 0.3) is 0 Å². The summed E-state index contributed by atoms with van der Waals surface area (Å²) < 4.78 is 24.1. The fraction of sp³-hybridized carbons (Fsp3) is 0.125. The van der Waals surface area contributed by atoms with Crippen LogP contribution in [0, 0.1) is 0 Å². The molecule has 0 aliphatic rings. The van der Waals surface area contributed by atoms with Gasteiger partial charge in [0.2, 0.25) is 0 Å². The van der Waals surface area contributed by atoms with Crippen LogP contribution in [-0.2, 0) is 16.3 Å². The van der Waals surface area contributed by atoms with Crippen LogP contribution in [-0.4, -0.2) is 14.5 Å². The second-order valence-electron chi connectivity index (χ2n) is 4.54. The Labute approximate surface area is 119 Å². The molecule has 4 heteroatoms. The highest BCUT2D eigenvalue weighted by Crippen LogP contribution is 2.12. The number of benzene rings is 2. The third-order valence-corrected chi connectivity index (χ3v) is 4.34. The molecule has 0 saturated carbocycles. The quantitative estimate of drug-likeness (QED) is 0.919. The third-order valence-electron chi connectivity index (χ3n) is 2.89. The van der Waals surface area contributed by atoms with E-state index in [-0.39, 0.29) is 10.9 Å². The normalized spacial score (nSPS) is 13.4. The molecular formula is C16H17NO2S. The number of hydrogen-bond acceptors (Lipinski definition) is 3. The van der Waals surface area contributed by atoms with Gasteiger partial charge in [-0.3, -0.25) is 0 Å². The molecule has 0 aliphatic carbocycles. The number of nitrogens with two attached hydrogens (primary N) is 1. The first kappa shape index (κ1) is 14.5. The number of hydrogen-bond donors (Lipinski definition) is 1. The van der Waals surface area contributed by atoms with Crippen molar-refractivity contribution in [1.29, 1.82) is 0 Å². The Bertz CT molecular complexity index is 664. The first-order valence-corrected chi connectivity index (χ1v) is 7.90. The molecule has 0 heterocycles. The minimum Gasteiger partial charge on any atom is -0.324 e. The van der Waals surface area contributed by atoms with E-state index < -0.39 is 9.84 Å². The Kier molecular flexibility index (Phi) is 4.71. The lowest BCUT2D eigenvalue weighted by molar-refractivity contribution is 0.604. The van der Waals surface area contributed by atoms with Gasteiger partial charge >= 0.3 is 0 Å². The zero-order valence-corrected chi connectivity index (χ0v) is 11.8. The molecule has 0 aromatic heterocycles. The molecule has 2 aromatic carbocycles. The van der Waals surface area contributed by atoms with E-state index in [0.717, 1.165) is 5.56 Å². The lowest BCUT2D eigenvalue weighted by atomic mass is 10.1. The van der Waals surface area contributed by atoms with Gasteiger partial charge in [-0.25, -0.2) is 8.42 Å². The largest absolute Gasteiger partial charge is 0.324 e. The highest BCUT2D eigenvalue weighted by molar-refractivity contribution is 7.94. The third kappa shape index (κ3) is 4.05. The van der Waals surface area contributed by atoms with Crippen LogP contribution in [0.15, 0.2) is 77.0 Å². The summed E-state index contributed by atoms with van der Waals surface area (Å²) in [4.78, 5) is 0.281. The Hall–Kier alpha value is -1.91. The monoisotopic (exact) mass is 287 g/mol. The molecule has 20 heavy (non-hydrogen) atoms. The maximum absolute atomic E-state index is 12.0. The second kappa shape index (κ2) is 6.50. The highest BCUT2D eigenvalue weighted by atomic mass is 32.2. The Balaban J connectivity index is 2.06. The van der Waals surface area contributed by atoms with Gasteiger partial charge < -0.3 is 5.73 Å². The van der Waals surface area contributed by atoms with Gasteiger partial charge in [0, 0.05) is 11.4 Å². The fourth-order valence-electron chi connectivity index (χ4n) is 1.85. The van der Waals surface area contributed by atoms with Crippen LogP contribution in [0.25, 0.3) is 0 Å². The predicted octanol–water partition coefficient (Wildman–Crippen LogP) is 2.54. The summed E-state index contributed by atoms with van der Waals surface area (Å²) in [6, 6.07) is 17.8. The summed E-state index contributed by atoms with van der Waals surface area (Å²) in [6.07, 6.45) is 2.15. The van der Waals surface area contributed by atoms with Crippen molar-refractivity contribution >= 4 is 9.84 Å². The van der Waals surface area contributed by atoms with Gasteiger partial charge in [-0.15, -0.1) is 0 Å². The molecule has 2 rings (SSSR count). The molecule has 1 unspecified atom stereocenters. The Morgan fingerprint density at radius 2 is 1.50 bits per heavy atom. The molecule has 0 spiro atoms. The summed E-state index contributed by atoms with van der Waals surface area (Å²) in [6.45, 7) is 0. The minimum absolute atomic E-state index is 0.281. The fourth-order valence-corrected chi connectivity index (χ4v) is 2.95. The second-order valence-corrected chi connectivity index (χ2v) is 6.37. The van der Waals surface area contributed by atoms with E-state index in [9.17, 15) is 8.42 Å². The lowest BCUT2D eigenvalue weighted by Gasteiger charge is -2.06. The molecule has 2 N–H and O–H groups in total. The molecule has 0 aliphatic heterocycles. The van der Waals surface area contributed by atoms with E-state index >= 15 is 0 Å². The van der Waals surface area contributed by atoms with Crippen molar-refractivity contribution in [2.75, 3.05) is 0 Å². The lowest BCUT2D eigenvalue weighted by Crippen LogP contribution is -2.20. The van der Waals surface area contributed by atoms with Gasteiger partial charge in [-0.2, -0.15) is 0 Å². The van der Waals surface area contributed by atoms with Crippen LogP contribution in [0.1, 0.15) is 5.56 Å². The molecular weight excluding hydrogens is 270 g/mol. The van der Waals surface area contributed by atoms with Crippen molar-refractivity contribution in [2.45, 2.75) is 17.4 Å². The van der Waals surface area contributed by atoms with Crippen LogP contribution in [0.5, 0.6) is 0 Å². The summed E-state index contributed by atoms with van der Waals surface area (Å²) in [7, 11) is -3.41. The average Bonchev–Trinajstić information content (AvgIpc) is 2.47. The first-order chi connectivity index (χ1) is 9.58. The molecule has 0 bridgehead atoms. The van der Waals surface area contributed by atoms with Crippen molar-refractivity contribution in [1.82, 2.24) is 0 Å². The van der Waals surface area contributed by atoms with Crippen LogP contribution >= 0.6 is 0 Å². The topological polar surface area (TPSA) is 60.2 Å².